The van der Waals surface area contributed by atoms with Gasteiger partial charge in [-0.2, -0.15) is 0 Å². The molecular formula is C19H30N4O2. The minimum atomic E-state index is 0.0487. The van der Waals surface area contributed by atoms with Crippen molar-refractivity contribution in [3.8, 4) is 5.75 Å². The first-order valence-corrected chi connectivity index (χ1v) is 9.31. The third-order valence-electron chi connectivity index (χ3n) is 5.27. The van der Waals surface area contributed by atoms with E-state index in [2.05, 4.69) is 20.4 Å². The van der Waals surface area contributed by atoms with E-state index in [0.29, 0.717) is 12.6 Å². The van der Waals surface area contributed by atoms with Gasteiger partial charge < -0.3 is 20.3 Å². The van der Waals surface area contributed by atoms with Crippen molar-refractivity contribution >= 4 is 17.3 Å². The molecule has 138 valence electrons. The molecule has 2 fully saturated rings. The monoisotopic (exact) mass is 346 g/mol. The topological polar surface area (TPSA) is 56.8 Å². The minimum absolute atomic E-state index is 0.0487. The molecule has 2 N–H and O–H groups in total. The molecule has 6 nitrogen and oxygen atoms in total. The van der Waals surface area contributed by atoms with Crippen molar-refractivity contribution in [1.82, 2.24) is 9.80 Å². The summed E-state index contributed by atoms with van der Waals surface area (Å²) in [7, 11) is 3.49. The zero-order valence-electron chi connectivity index (χ0n) is 15.4. The zero-order chi connectivity index (χ0) is 17.6. The summed E-state index contributed by atoms with van der Waals surface area (Å²) in [6.07, 6.45) is 5.03. The lowest BCUT2D eigenvalue weighted by atomic mass is 10.2. The molecule has 0 aromatic heterocycles. The molecule has 0 bridgehead atoms. The van der Waals surface area contributed by atoms with Gasteiger partial charge in [0, 0.05) is 31.4 Å². The second-order valence-electron chi connectivity index (χ2n) is 6.99. The van der Waals surface area contributed by atoms with Crippen LogP contribution < -0.4 is 15.4 Å². The first kappa shape index (κ1) is 18.0. The third-order valence-corrected chi connectivity index (χ3v) is 5.27. The van der Waals surface area contributed by atoms with E-state index in [0.717, 1.165) is 30.2 Å². The Bertz CT molecular complexity index is 587. The molecule has 1 atom stereocenters. The zero-order valence-corrected chi connectivity index (χ0v) is 15.4. The molecule has 0 spiro atoms. The summed E-state index contributed by atoms with van der Waals surface area (Å²) < 4.78 is 5.35. The van der Waals surface area contributed by atoms with Crippen molar-refractivity contribution in [2.45, 2.75) is 31.7 Å². The van der Waals surface area contributed by atoms with Gasteiger partial charge in [0.15, 0.2) is 0 Å². The molecule has 1 amide bonds. The fraction of sp³-hybridized carbons (Fsp3) is 0.632. The van der Waals surface area contributed by atoms with Crippen molar-refractivity contribution in [1.29, 1.82) is 0 Å². The average molecular weight is 346 g/mol. The van der Waals surface area contributed by atoms with Crippen LogP contribution in [0.4, 0.5) is 11.4 Å². The van der Waals surface area contributed by atoms with Crippen molar-refractivity contribution in [3.05, 3.63) is 18.2 Å². The molecule has 0 radical (unpaired) electrons. The number of nitrogens with one attached hydrogen (secondary N) is 2. The number of hydrogen-bond donors (Lipinski definition) is 2. The van der Waals surface area contributed by atoms with Crippen molar-refractivity contribution in [2.75, 3.05) is 57.5 Å². The second kappa shape index (κ2) is 8.54. The van der Waals surface area contributed by atoms with Crippen LogP contribution in [0.3, 0.4) is 0 Å². The second-order valence-corrected chi connectivity index (χ2v) is 6.99. The van der Waals surface area contributed by atoms with E-state index in [-0.39, 0.29) is 5.91 Å². The molecule has 3 rings (SSSR count). The molecule has 1 aromatic rings. The maximum absolute atomic E-state index is 12.5. The normalized spacial score (nSPS) is 21.4. The summed E-state index contributed by atoms with van der Waals surface area (Å²) in [4.78, 5) is 17.4. The minimum Gasteiger partial charge on any atom is -0.495 e. The van der Waals surface area contributed by atoms with E-state index in [1.165, 1.54) is 38.8 Å². The van der Waals surface area contributed by atoms with Crippen LogP contribution in [-0.2, 0) is 4.79 Å². The number of carbonyl (C=O) groups excluding carboxylic acids is 1. The number of methoxy groups -OCH3 is 1. The van der Waals surface area contributed by atoms with Gasteiger partial charge in [-0.05, 0) is 57.5 Å². The van der Waals surface area contributed by atoms with Crippen LogP contribution >= 0.6 is 0 Å². The summed E-state index contributed by atoms with van der Waals surface area (Å²) in [5.41, 5.74) is 1.68. The first-order chi connectivity index (χ1) is 12.2. The highest BCUT2D eigenvalue weighted by Gasteiger charge is 2.28. The van der Waals surface area contributed by atoms with Gasteiger partial charge in [0.05, 0.1) is 19.3 Å². The summed E-state index contributed by atoms with van der Waals surface area (Å²) >= 11 is 0. The number of hydrogen-bond acceptors (Lipinski definition) is 5. The van der Waals surface area contributed by atoms with E-state index in [9.17, 15) is 4.79 Å². The number of anilines is 2. The lowest BCUT2D eigenvalue weighted by Gasteiger charge is -2.28. The molecule has 0 aliphatic carbocycles. The Hall–Kier alpha value is -1.79. The van der Waals surface area contributed by atoms with Gasteiger partial charge in [-0.15, -0.1) is 0 Å². The van der Waals surface area contributed by atoms with Gasteiger partial charge in [0.25, 0.3) is 0 Å². The van der Waals surface area contributed by atoms with E-state index in [1.54, 1.807) is 7.11 Å². The van der Waals surface area contributed by atoms with Gasteiger partial charge in [-0.1, -0.05) is 0 Å². The largest absolute Gasteiger partial charge is 0.495 e. The van der Waals surface area contributed by atoms with Gasteiger partial charge >= 0.3 is 0 Å². The van der Waals surface area contributed by atoms with Crippen molar-refractivity contribution in [2.24, 2.45) is 0 Å². The molecule has 0 unspecified atom stereocenters. The summed E-state index contributed by atoms with van der Waals surface area (Å²) in [5, 5.41) is 6.08. The van der Waals surface area contributed by atoms with Crippen LogP contribution in [0, 0.1) is 0 Å². The Morgan fingerprint density at radius 2 is 2.04 bits per heavy atom. The number of amides is 1. The van der Waals surface area contributed by atoms with Gasteiger partial charge in [-0.3, -0.25) is 9.69 Å². The maximum Gasteiger partial charge on any atom is 0.238 e. The van der Waals surface area contributed by atoms with E-state index in [1.807, 2.05) is 25.2 Å². The molecule has 1 aromatic carbocycles. The molecular weight excluding hydrogens is 316 g/mol. The van der Waals surface area contributed by atoms with Crippen LogP contribution in [0.2, 0.25) is 0 Å². The number of likely N-dealkylation sites (tertiary alicyclic amines) is 2. The van der Waals surface area contributed by atoms with Gasteiger partial charge in [-0.25, -0.2) is 0 Å². The predicted octanol–water partition coefficient (Wildman–Crippen LogP) is 2.24. The molecule has 2 heterocycles. The van der Waals surface area contributed by atoms with Crippen LogP contribution in [-0.4, -0.2) is 68.6 Å². The quantitative estimate of drug-likeness (QED) is 0.793. The predicted molar refractivity (Wildman–Crippen MR) is 101 cm³/mol. The lowest BCUT2D eigenvalue weighted by Crippen LogP contribution is -2.42. The van der Waals surface area contributed by atoms with Gasteiger partial charge in [0.1, 0.15) is 5.75 Å². The smallest absolute Gasteiger partial charge is 0.238 e. The fourth-order valence-electron chi connectivity index (χ4n) is 3.93. The summed E-state index contributed by atoms with van der Waals surface area (Å²) in [5.74, 6) is 0.779. The molecule has 0 saturated carbocycles. The SMILES string of the molecule is CNc1ccc(NC(=O)CN2CCC[C@H]2CN2CCCC2)cc1OC. The van der Waals surface area contributed by atoms with Crippen LogP contribution in [0.5, 0.6) is 5.75 Å². The Morgan fingerprint density at radius 1 is 1.24 bits per heavy atom. The first-order valence-electron chi connectivity index (χ1n) is 9.31. The lowest BCUT2D eigenvalue weighted by molar-refractivity contribution is -0.117. The number of benzene rings is 1. The Kier molecular flexibility index (Phi) is 6.15. The Labute approximate surface area is 150 Å². The Balaban J connectivity index is 1.54. The standard InChI is InChI=1S/C19H30N4O2/c1-20-17-8-7-15(12-18(17)25-2)21-19(24)14-23-11-5-6-16(23)13-22-9-3-4-10-22/h7-8,12,16,20H,3-6,9-11,13-14H2,1-2H3,(H,21,24)/t16-/m0/s1. The highest BCUT2D eigenvalue weighted by Crippen LogP contribution is 2.27. The Morgan fingerprint density at radius 3 is 2.76 bits per heavy atom. The van der Waals surface area contributed by atoms with E-state index >= 15 is 0 Å². The summed E-state index contributed by atoms with van der Waals surface area (Å²) in [6.45, 7) is 5.03. The van der Waals surface area contributed by atoms with E-state index < -0.39 is 0 Å². The van der Waals surface area contributed by atoms with E-state index in [4.69, 9.17) is 4.74 Å². The number of rotatable bonds is 7. The number of carbonyl (C=O) groups is 1. The maximum atomic E-state index is 12.5. The van der Waals surface area contributed by atoms with Crippen LogP contribution in [0.1, 0.15) is 25.7 Å². The molecule has 2 aliphatic rings. The highest BCUT2D eigenvalue weighted by molar-refractivity contribution is 5.92. The molecule has 2 aliphatic heterocycles. The van der Waals surface area contributed by atoms with Crippen LogP contribution in [0.15, 0.2) is 18.2 Å². The number of ether oxygens (including phenoxy) is 1. The van der Waals surface area contributed by atoms with Crippen LogP contribution in [0.25, 0.3) is 0 Å². The third kappa shape index (κ3) is 4.64. The van der Waals surface area contributed by atoms with Crippen molar-refractivity contribution in [3.63, 3.8) is 0 Å². The number of nitrogens with zero attached hydrogens (tertiary/aromatic N) is 2. The fourth-order valence-corrected chi connectivity index (χ4v) is 3.93. The molecule has 25 heavy (non-hydrogen) atoms. The average Bonchev–Trinajstić information content (AvgIpc) is 3.27. The van der Waals surface area contributed by atoms with Crippen molar-refractivity contribution < 1.29 is 9.53 Å². The molecule has 2 saturated heterocycles. The summed E-state index contributed by atoms with van der Waals surface area (Å²) in [6, 6.07) is 6.19. The highest BCUT2D eigenvalue weighted by atomic mass is 16.5. The van der Waals surface area contributed by atoms with Gasteiger partial charge in [0.2, 0.25) is 5.91 Å². The molecule has 6 heteroatoms.